The lowest BCUT2D eigenvalue weighted by Crippen LogP contribution is -2.41. The lowest BCUT2D eigenvalue weighted by Gasteiger charge is -2.33. The number of piperidine rings is 1. The third kappa shape index (κ3) is 5.35. The number of ether oxygens (including phenoxy) is 1. The first-order valence-electron chi connectivity index (χ1n) is 10.4. The summed E-state index contributed by atoms with van der Waals surface area (Å²) in [5.74, 6) is 1.54. The first-order chi connectivity index (χ1) is 15.1. The van der Waals surface area contributed by atoms with Gasteiger partial charge in [0.15, 0.2) is 5.82 Å². The van der Waals surface area contributed by atoms with Gasteiger partial charge in [0.2, 0.25) is 5.91 Å². The van der Waals surface area contributed by atoms with E-state index >= 15 is 0 Å². The van der Waals surface area contributed by atoms with Crippen LogP contribution in [-0.2, 0) is 4.79 Å². The monoisotopic (exact) mass is 434 g/mol. The molecule has 1 atom stereocenters. The maximum Gasteiger partial charge on any atom is 0.229 e. The highest BCUT2D eigenvalue weighted by Gasteiger charge is 2.28. The van der Waals surface area contributed by atoms with Crippen LogP contribution in [0.4, 0.5) is 11.5 Å². The Morgan fingerprint density at radius 1 is 1.10 bits per heavy atom. The average Bonchev–Trinajstić information content (AvgIpc) is 2.81. The fraction of sp³-hybridized carbons (Fsp3) is 0.292. The Morgan fingerprint density at radius 2 is 1.84 bits per heavy atom. The van der Waals surface area contributed by atoms with Crippen LogP contribution < -0.4 is 15.0 Å². The maximum atomic E-state index is 12.9. The molecule has 1 fully saturated rings. The summed E-state index contributed by atoms with van der Waals surface area (Å²) in [5, 5.41) is 3.90. The van der Waals surface area contributed by atoms with Gasteiger partial charge in [-0.2, -0.15) is 0 Å². The molecule has 31 heavy (non-hydrogen) atoms. The second kappa shape index (κ2) is 9.83. The summed E-state index contributed by atoms with van der Waals surface area (Å²) in [7, 11) is 1.63. The summed E-state index contributed by atoms with van der Waals surface area (Å²) < 4.78 is 5.18. The molecule has 1 saturated heterocycles. The summed E-state index contributed by atoms with van der Waals surface area (Å²) in [6.45, 7) is 3.57. The van der Waals surface area contributed by atoms with Crippen molar-refractivity contribution in [1.82, 2.24) is 9.97 Å². The topological polar surface area (TPSA) is 67.3 Å². The standard InChI is InChI=1S/C24H26N4O2S/c1-17-5-11-21(12-6-17)31-24-22(25-13-14-26-24)28-15-3-4-18(16-28)23(29)27-19-7-9-20(30-2)10-8-19/h5-14,18H,3-4,15-16H2,1-2H3,(H,27,29). The van der Waals surface area contributed by atoms with Gasteiger partial charge < -0.3 is 15.0 Å². The van der Waals surface area contributed by atoms with Crippen LogP contribution in [0.25, 0.3) is 0 Å². The number of amides is 1. The van der Waals surface area contributed by atoms with Gasteiger partial charge >= 0.3 is 0 Å². The molecule has 0 spiro atoms. The number of carbonyl (C=O) groups is 1. The smallest absolute Gasteiger partial charge is 0.229 e. The van der Waals surface area contributed by atoms with Crippen molar-refractivity contribution < 1.29 is 9.53 Å². The van der Waals surface area contributed by atoms with Crippen LogP contribution in [0.5, 0.6) is 5.75 Å². The zero-order valence-electron chi connectivity index (χ0n) is 17.7. The van der Waals surface area contributed by atoms with Crippen molar-refractivity contribution in [2.24, 2.45) is 5.92 Å². The molecule has 7 heteroatoms. The summed E-state index contributed by atoms with van der Waals surface area (Å²) in [6.07, 6.45) is 5.23. The molecule has 0 bridgehead atoms. The molecular weight excluding hydrogens is 408 g/mol. The second-order valence-corrected chi connectivity index (χ2v) is 8.67. The van der Waals surface area contributed by atoms with Gasteiger partial charge in [0.25, 0.3) is 0 Å². The Kier molecular flexibility index (Phi) is 6.72. The average molecular weight is 435 g/mol. The molecule has 0 radical (unpaired) electrons. The lowest BCUT2D eigenvalue weighted by molar-refractivity contribution is -0.120. The van der Waals surface area contributed by atoms with Crippen molar-refractivity contribution in [2.75, 3.05) is 30.4 Å². The summed E-state index contributed by atoms with van der Waals surface area (Å²) in [6, 6.07) is 15.8. The van der Waals surface area contributed by atoms with Crippen molar-refractivity contribution in [3.63, 3.8) is 0 Å². The highest BCUT2D eigenvalue weighted by Crippen LogP contribution is 2.34. The molecule has 6 nitrogen and oxygen atoms in total. The zero-order chi connectivity index (χ0) is 21.6. The van der Waals surface area contributed by atoms with E-state index in [4.69, 9.17) is 4.74 Å². The molecule has 2 aromatic carbocycles. The summed E-state index contributed by atoms with van der Waals surface area (Å²) in [5.41, 5.74) is 2.00. The van der Waals surface area contributed by atoms with E-state index in [1.165, 1.54) is 5.56 Å². The van der Waals surface area contributed by atoms with Gasteiger partial charge in [-0.3, -0.25) is 4.79 Å². The number of methoxy groups -OCH3 is 1. The third-order valence-corrected chi connectivity index (χ3v) is 6.32. The van der Waals surface area contributed by atoms with E-state index in [9.17, 15) is 4.79 Å². The molecule has 1 N–H and O–H groups in total. The van der Waals surface area contributed by atoms with Crippen molar-refractivity contribution in [2.45, 2.75) is 29.7 Å². The molecular formula is C24H26N4O2S. The summed E-state index contributed by atoms with van der Waals surface area (Å²) in [4.78, 5) is 25.4. The Bertz CT molecular complexity index is 1020. The molecule has 3 aromatic rings. The SMILES string of the molecule is COc1ccc(NC(=O)C2CCCN(c3nccnc3Sc3ccc(C)cc3)C2)cc1. The van der Waals surface area contributed by atoms with Crippen LogP contribution in [0, 0.1) is 12.8 Å². The van der Waals surface area contributed by atoms with Gasteiger partial charge in [-0.05, 0) is 56.2 Å². The van der Waals surface area contributed by atoms with E-state index in [1.54, 1.807) is 31.3 Å². The van der Waals surface area contributed by atoms with Crippen LogP contribution in [0.2, 0.25) is 0 Å². The quantitative estimate of drug-likeness (QED) is 0.601. The van der Waals surface area contributed by atoms with E-state index in [2.05, 4.69) is 51.4 Å². The zero-order valence-corrected chi connectivity index (χ0v) is 18.6. The van der Waals surface area contributed by atoms with Gasteiger partial charge in [0, 0.05) is 36.1 Å². The van der Waals surface area contributed by atoms with Crippen LogP contribution in [0.1, 0.15) is 18.4 Å². The molecule has 1 aliphatic rings. The molecule has 1 aliphatic heterocycles. The van der Waals surface area contributed by atoms with Crippen molar-refractivity contribution >= 4 is 29.2 Å². The number of anilines is 2. The first-order valence-corrected chi connectivity index (χ1v) is 11.2. The van der Waals surface area contributed by atoms with E-state index < -0.39 is 0 Å². The van der Waals surface area contributed by atoms with Gasteiger partial charge in [-0.25, -0.2) is 9.97 Å². The largest absolute Gasteiger partial charge is 0.497 e. The molecule has 2 heterocycles. The van der Waals surface area contributed by atoms with Gasteiger partial charge in [0.05, 0.1) is 13.0 Å². The van der Waals surface area contributed by atoms with Gasteiger partial charge in [-0.15, -0.1) is 0 Å². The van der Waals surface area contributed by atoms with E-state index in [0.717, 1.165) is 46.6 Å². The molecule has 1 amide bonds. The molecule has 1 aromatic heterocycles. The molecule has 0 aliphatic carbocycles. The Hall–Kier alpha value is -3.06. The number of nitrogens with zero attached hydrogens (tertiary/aromatic N) is 3. The normalized spacial score (nSPS) is 16.1. The molecule has 4 rings (SSSR count). The van der Waals surface area contributed by atoms with Crippen molar-refractivity contribution in [1.29, 1.82) is 0 Å². The van der Waals surface area contributed by atoms with Crippen molar-refractivity contribution in [3.8, 4) is 5.75 Å². The number of aryl methyl sites for hydroxylation is 1. The number of carbonyl (C=O) groups excluding carboxylic acids is 1. The fourth-order valence-electron chi connectivity index (χ4n) is 3.63. The Labute approximate surface area is 187 Å². The van der Waals surface area contributed by atoms with Gasteiger partial charge in [0.1, 0.15) is 10.8 Å². The number of hydrogen-bond donors (Lipinski definition) is 1. The highest BCUT2D eigenvalue weighted by atomic mass is 32.2. The minimum Gasteiger partial charge on any atom is -0.497 e. The van der Waals surface area contributed by atoms with Crippen LogP contribution in [0.3, 0.4) is 0 Å². The van der Waals surface area contributed by atoms with Gasteiger partial charge in [-0.1, -0.05) is 29.5 Å². The van der Waals surface area contributed by atoms with E-state index in [-0.39, 0.29) is 11.8 Å². The minimum absolute atomic E-state index is 0.0338. The number of rotatable bonds is 6. The maximum absolute atomic E-state index is 12.9. The number of hydrogen-bond acceptors (Lipinski definition) is 6. The number of aromatic nitrogens is 2. The van der Waals surface area contributed by atoms with E-state index in [0.29, 0.717) is 6.54 Å². The number of nitrogens with one attached hydrogen (secondary N) is 1. The predicted molar refractivity (Wildman–Crippen MR) is 124 cm³/mol. The first kappa shape index (κ1) is 21.2. The molecule has 160 valence electrons. The fourth-order valence-corrected chi connectivity index (χ4v) is 4.51. The van der Waals surface area contributed by atoms with Crippen LogP contribution in [0.15, 0.2) is 70.8 Å². The van der Waals surface area contributed by atoms with Crippen LogP contribution in [-0.4, -0.2) is 36.1 Å². The molecule has 0 saturated carbocycles. The van der Waals surface area contributed by atoms with Crippen LogP contribution >= 0.6 is 11.8 Å². The van der Waals surface area contributed by atoms with Crippen molar-refractivity contribution in [3.05, 3.63) is 66.5 Å². The second-order valence-electron chi connectivity index (χ2n) is 7.60. The third-order valence-electron chi connectivity index (χ3n) is 5.33. The lowest BCUT2D eigenvalue weighted by atomic mass is 9.97. The molecule has 1 unspecified atom stereocenters. The summed E-state index contributed by atoms with van der Waals surface area (Å²) >= 11 is 1.60. The minimum atomic E-state index is -0.102. The highest BCUT2D eigenvalue weighted by molar-refractivity contribution is 7.99. The van der Waals surface area contributed by atoms with E-state index in [1.807, 2.05) is 24.3 Å². The number of benzene rings is 2. The Morgan fingerprint density at radius 3 is 2.58 bits per heavy atom. The Balaban J connectivity index is 1.45. The predicted octanol–water partition coefficient (Wildman–Crippen LogP) is 4.80.